The quantitative estimate of drug-likeness (QED) is 0.748. The maximum Gasteiger partial charge on any atom is 0.330 e. The summed E-state index contributed by atoms with van der Waals surface area (Å²) in [7, 11) is 1.48. The highest BCUT2D eigenvalue weighted by Crippen LogP contribution is 2.34. The van der Waals surface area contributed by atoms with Crippen molar-refractivity contribution >= 4 is 17.7 Å². The van der Waals surface area contributed by atoms with E-state index in [4.69, 9.17) is 4.74 Å². The van der Waals surface area contributed by atoms with Gasteiger partial charge in [0.1, 0.15) is 5.54 Å². The minimum atomic E-state index is -0.709. The van der Waals surface area contributed by atoms with Crippen LogP contribution in [0.15, 0.2) is 30.3 Å². The Bertz CT molecular complexity index is 459. The van der Waals surface area contributed by atoms with Crippen LogP contribution in [0.1, 0.15) is 38.7 Å². The van der Waals surface area contributed by atoms with Crippen molar-refractivity contribution in [2.24, 2.45) is 0 Å². The minimum Gasteiger partial charge on any atom is -0.467 e. The van der Waals surface area contributed by atoms with Gasteiger partial charge in [-0.3, -0.25) is 5.32 Å². The molecule has 21 heavy (non-hydrogen) atoms. The average Bonchev–Trinajstić information content (AvgIpc) is 3.29. The van der Waals surface area contributed by atoms with Gasteiger partial charge in [-0.1, -0.05) is 44.2 Å². The third kappa shape index (κ3) is 4.24. The van der Waals surface area contributed by atoms with Crippen molar-refractivity contribution in [3.63, 3.8) is 0 Å². The summed E-state index contributed by atoms with van der Waals surface area (Å²) in [4.78, 5) is 12.6. The van der Waals surface area contributed by atoms with E-state index in [1.807, 2.05) is 42.1 Å². The van der Waals surface area contributed by atoms with Crippen LogP contribution in [0.25, 0.3) is 0 Å². The standard InChI is InChI=1S/C17H25NO2S/c1-13(2)21-12-11-17(16(19)20-3,18-15-9-10-15)14-7-5-4-6-8-14/h4-8,13,15,18H,9-12H2,1-3H3. The Labute approximate surface area is 131 Å². The van der Waals surface area contributed by atoms with Crippen LogP contribution in [0.3, 0.4) is 0 Å². The molecule has 1 atom stereocenters. The van der Waals surface area contributed by atoms with Gasteiger partial charge in [-0.25, -0.2) is 4.79 Å². The van der Waals surface area contributed by atoms with Crippen LogP contribution in [0.5, 0.6) is 0 Å². The lowest BCUT2D eigenvalue weighted by atomic mass is 9.87. The van der Waals surface area contributed by atoms with Crippen LogP contribution in [0.2, 0.25) is 0 Å². The molecule has 0 amide bonds. The Morgan fingerprint density at radius 1 is 1.38 bits per heavy atom. The maximum atomic E-state index is 12.6. The number of methoxy groups -OCH3 is 1. The van der Waals surface area contributed by atoms with Crippen molar-refractivity contribution in [2.75, 3.05) is 12.9 Å². The molecule has 1 N–H and O–H groups in total. The van der Waals surface area contributed by atoms with Crippen molar-refractivity contribution < 1.29 is 9.53 Å². The summed E-state index contributed by atoms with van der Waals surface area (Å²) in [5.41, 5.74) is 0.298. The molecule has 1 aliphatic carbocycles. The summed E-state index contributed by atoms with van der Waals surface area (Å²) in [6.45, 7) is 4.36. The monoisotopic (exact) mass is 307 g/mol. The maximum absolute atomic E-state index is 12.6. The molecule has 1 aromatic carbocycles. The number of hydrogen-bond donors (Lipinski definition) is 1. The van der Waals surface area contributed by atoms with E-state index in [0.717, 1.165) is 30.6 Å². The number of nitrogens with one attached hydrogen (secondary N) is 1. The summed E-state index contributed by atoms with van der Waals surface area (Å²) >= 11 is 1.88. The molecule has 1 aromatic rings. The second-order valence-electron chi connectivity index (χ2n) is 5.85. The van der Waals surface area contributed by atoms with Crippen molar-refractivity contribution in [1.29, 1.82) is 0 Å². The van der Waals surface area contributed by atoms with Gasteiger partial charge in [-0.2, -0.15) is 11.8 Å². The Hall–Kier alpha value is -1.00. The highest BCUT2D eigenvalue weighted by Gasteiger charge is 2.44. The molecule has 0 saturated heterocycles. The molecule has 0 aromatic heterocycles. The topological polar surface area (TPSA) is 38.3 Å². The predicted octanol–water partition coefficient (Wildman–Crippen LogP) is 3.34. The first-order valence-electron chi connectivity index (χ1n) is 7.61. The number of esters is 1. The van der Waals surface area contributed by atoms with Gasteiger partial charge in [0.2, 0.25) is 0 Å². The average molecular weight is 307 g/mol. The van der Waals surface area contributed by atoms with Gasteiger partial charge in [-0.15, -0.1) is 0 Å². The summed E-state index contributed by atoms with van der Waals surface area (Å²) in [6, 6.07) is 10.4. The van der Waals surface area contributed by atoms with Crippen LogP contribution in [-0.4, -0.2) is 30.1 Å². The number of benzene rings is 1. The van der Waals surface area contributed by atoms with E-state index in [2.05, 4.69) is 19.2 Å². The number of hydrogen-bond acceptors (Lipinski definition) is 4. The first kappa shape index (κ1) is 16.4. The first-order chi connectivity index (χ1) is 10.1. The molecular weight excluding hydrogens is 282 g/mol. The fourth-order valence-corrected chi connectivity index (χ4v) is 3.39. The lowest BCUT2D eigenvalue weighted by molar-refractivity contribution is -0.149. The van der Waals surface area contributed by atoms with Crippen molar-refractivity contribution in [3.05, 3.63) is 35.9 Å². The van der Waals surface area contributed by atoms with E-state index in [1.165, 1.54) is 7.11 Å². The molecule has 1 aliphatic rings. The second-order valence-corrected chi connectivity index (χ2v) is 7.54. The van der Waals surface area contributed by atoms with E-state index < -0.39 is 5.54 Å². The lowest BCUT2D eigenvalue weighted by Crippen LogP contribution is -2.51. The highest BCUT2D eigenvalue weighted by atomic mass is 32.2. The summed E-state index contributed by atoms with van der Waals surface area (Å²) < 4.78 is 5.15. The third-order valence-electron chi connectivity index (χ3n) is 3.76. The summed E-state index contributed by atoms with van der Waals surface area (Å²) in [6.07, 6.45) is 3.04. The second kappa shape index (κ2) is 7.32. The van der Waals surface area contributed by atoms with E-state index in [9.17, 15) is 4.79 Å². The Morgan fingerprint density at radius 2 is 2.05 bits per heavy atom. The number of thioether (sulfide) groups is 1. The SMILES string of the molecule is COC(=O)C(CCSC(C)C)(NC1CC1)c1ccccc1. The smallest absolute Gasteiger partial charge is 0.330 e. The highest BCUT2D eigenvalue weighted by molar-refractivity contribution is 7.99. The normalized spacial score (nSPS) is 17.5. The van der Waals surface area contributed by atoms with Crippen LogP contribution >= 0.6 is 11.8 Å². The van der Waals surface area contributed by atoms with Gasteiger partial charge in [0, 0.05) is 6.04 Å². The molecule has 0 aliphatic heterocycles. The fourth-order valence-electron chi connectivity index (χ4n) is 2.50. The van der Waals surface area contributed by atoms with Gasteiger partial charge < -0.3 is 4.74 Å². The molecule has 0 spiro atoms. The van der Waals surface area contributed by atoms with E-state index in [0.29, 0.717) is 11.3 Å². The summed E-state index contributed by atoms with van der Waals surface area (Å²) in [5.74, 6) is 0.756. The zero-order valence-corrected chi connectivity index (χ0v) is 13.9. The van der Waals surface area contributed by atoms with Crippen LogP contribution in [0.4, 0.5) is 0 Å². The molecule has 2 rings (SSSR count). The Balaban J connectivity index is 2.26. The van der Waals surface area contributed by atoms with Crippen molar-refractivity contribution in [2.45, 2.75) is 49.9 Å². The summed E-state index contributed by atoms with van der Waals surface area (Å²) in [5, 5.41) is 4.12. The molecule has 0 heterocycles. The molecule has 116 valence electrons. The lowest BCUT2D eigenvalue weighted by Gasteiger charge is -2.33. The van der Waals surface area contributed by atoms with Gasteiger partial charge in [0.25, 0.3) is 0 Å². The van der Waals surface area contributed by atoms with E-state index in [-0.39, 0.29) is 5.97 Å². The fraction of sp³-hybridized carbons (Fsp3) is 0.588. The number of carbonyl (C=O) groups is 1. The zero-order valence-electron chi connectivity index (χ0n) is 13.1. The van der Waals surface area contributed by atoms with Crippen molar-refractivity contribution in [3.8, 4) is 0 Å². The Morgan fingerprint density at radius 3 is 2.57 bits per heavy atom. The third-order valence-corrected chi connectivity index (χ3v) is 4.86. The molecule has 1 fully saturated rings. The molecule has 4 heteroatoms. The van der Waals surface area contributed by atoms with Gasteiger partial charge in [-0.05, 0) is 35.8 Å². The number of carbonyl (C=O) groups excluding carboxylic acids is 1. The van der Waals surface area contributed by atoms with Crippen LogP contribution in [0, 0.1) is 0 Å². The minimum absolute atomic E-state index is 0.176. The molecule has 3 nitrogen and oxygen atoms in total. The van der Waals surface area contributed by atoms with Gasteiger partial charge in [0.15, 0.2) is 0 Å². The van der Waals surface area contributed by atoms with Gasteiger partial charge in [0.05, 0.1) is 7.11 Å². The first-order valence-corrected chi connectivity index (χ1v) is 8.66. The van der Waals surface area contributed by atoms with Gasteiger partial charge >= 0.3 is 5.97 Å². The molecular formula is C17H25NO2S. The van der Waals surface area contributed by atoms with E-state index in [1.54, 1.807) is 0 Å². The number of ether oxygens (including phenoxy) is 1. The Kier molecular flexibility index (Phi) is 5.71. The van der Waals surface area contributed by atoms with Crippen LogP contribution in [-0.2, 0) is 15.1 Å². The number of rotatable bonds is 8. The largest absolute Gasteiger partial charge is 0.467 e. The molecule has 1 unspecified atom stereocenters. The molecule has 0 bridgehead atoms. The molecule has 1 saturated carbocycles. The molecule has 0 radical (unpaired) electrons. The van der Waals surface area contributed by atoms with Crippen LogP contribution < -0.4 is 5.32 Å². The van der Waals surface area contributed by atoms with E-state index >= 15 is 0 Å². The van der Waals surface area contributed by atoms with Crippen molar-refractivity contribution in [1.82, 2.24) is 5.32 Å². The predicted molar refractivity (Wildman–Crippen MR) is 88.5 cm³/mol. The zero-order chi connectivity index (χ0) is 15.3.